The minimum atomic E-state index is 0.577. The zero-order chi connectivity index (χ0) is 16.3. The van der Waals surface area contributed by atoms with E-state index in [-0.39, 0.29) is 0 Å². The fourth-order valence-electron chi connectivity index (χ4n) is 2.56. The average molecular weight is 312 g/mol. The smallest absolute Gasteiger partial charge is 0.250 e. The Morgan fingerprint density at radius 2 is 1.65 bits per heavy atom. The van der Waals surface area contributed by atoms with E-state index in [1.54, 1.807) is 0 Å². The molecule has 2 aromatic rings. The molecule has 0 aliphatic carbocycles. The Labute approximate surface area is 139 Å². The van der Waals surface area contributed by atoms with Gasteiger partial charge in [-0.15, -0.1) is 0 Å². The van der Waals surface area contributed by atoms with E-state index in [9.17, 15) is 0 Å². The number of unbranched alkanes of at least 4 members (excludes halogenated alkanes) is 4. The summed E-state index contributed by atoms with van der Waals surface area (Å²) < 4.78 is 5.20. The molecular formula is C20H28N2O. The standard InChI is InChI=1S/C20H28N2O/c1-3-5-6-7-8-10-17-11-13-18(14-12-17)15-16-20-21-19(9-4-2)22-23-20/h11-16H,3-10H2,1-2H3. The second-order valence-corrected chi connectivity index (χ2v) is 6.04. The van der Waals surface area contributed by atoms with E-state index < -0.39 is 0 Å². The van der Waals surface area contributed by atoms with Gasteiger partial charge < -0.3 is 4.52 Å². The van der Waals surface area contributed by atoms with Gasteiger partial charge in [0.15, 0.2) is 5.82 Å². The summed E-state index contributed by atoms with van der Waals surface area (Å²) in [7, 11) is 0. The Morgan fingerprint density at radius 1 is 0.870 bits per heavy atom. The van der Waals surface area contributed by atoms with Crippen molar-refractivity contribution >= 4 is 12.2 Å². The highest BCUT2D eigenvalue weighted by atomic mass is 16.5. The highest BCUT2D eigenvalue weighted by Crippen LogP contribution is 2.12. The SMILES string of the molecule is CCCCCCCc1ccc(C=Cc2nc(CCC)no2)cc1. The van der Waals surface area contributed by atoms with E-state index in [0.29, 0.717) is 5.89 Å². The van der Waals surface area contributed by atoms with Gasteiger partial charge >= 0.3 is 0 Å². The van der Waals surface area contributed by atoms with Crippen LogP contribution in [-0.2, 0) is 12.8 Å². The molecule has 0 saturated carbocycles. The summed E-state index contributed by atoms with van der Waals surface area (Å²) in [6.45, 7) is 4.36. The first-order chi connectivity index (χ1) is 11.3. The van der Waals surface area contributed by atoms with E-state index in [4.69, 9.17) is 4.52 Å². The summed E-state index contributed by atoms with van der Waals surface area (Å²) in [4.78, 5) is 4.33. The molecule has 0 atom stereocenters. The first-order valence-electron chi connectivity index (χ1n) is 8.91. The van der Waals surface area contributed by atoms with Crippen molar-refractivity contribution in [2.75, 3.05) is 0 Å². The van der Waals surface area contributed by atoms with Crippen LogP contribution in [0.3, 0.4) is 0 Å². The van der Waals surface area contributed by atoms with Crippen LogP contribution in [0.4, 0.5) is 0 Å². The van der Waals surface area contributed by atoms with Crippen LogP contribution in [0.1, 0.15) is 75.2 Å². The molecule has 3 heteroatoms. The van der Waals surface area contributed by atoms with E-state index in [1.165, 1.54) is 44.1 Å². The van der Waals surface area contributed by atoms with Gasteiger partial charge in [0.2, 0.25) is 0 Å². The van der Waals surface area contributed by atoms with Crippen molar-refractivity contribution < 1.29 is 4.52 Å². The molecule has 0 saturated heterocycles. The molecule has 0 amide bonds. The maximum absolute atomic E-state index is 5.20. The van der Waals surface area contributed by atoms with Crippen molar-refractivity contribution in [3.63, 3.8) is 0 Å². The van der Waals surface area contributed by atoms with Gasteiger partial charge in [-0.25, -0.2) is 0 Å². The van der Waals surface area contributed by atoms with E-state index in [2.05, 4.69) is 48.3 Å². The second kappa shape index (κ2) is 9.98. The highest BCUT2D eigenvalue weighted by molar-refractivity contribution is 5.65. The lowest BCUT2D eigenvalue weighted by Gasteiger charge is -2.02. The van der Waals surface area contributed by atoms with E-state index in [1.807, 2.05) is 12.2 Å². The fourth-order valence-corrected chi connectivity index (χ4v) is 2.56. The monoisotopic (exact) mass is 312 g/mol. The van der Waals surface area contributed by atoms with Crippen molar-refractivity contribution in [2.45, 2.75) is 65.2 Å². The topological polar surface area (TPSA) is 38.9 Å². The van der Waals surface area contributed by atoms with Crippen LogP contribution in [-0.4, -0.2) is 10.1 Å². The number of nitrogens with zero attached hydrogens (tertiary/aromatic N) is 2. The van der Waals surface area contributed by atoms with Gasteiger partial charge in [0.25, 0.3) is 5.89 Å². The Balaban J connectivity index is 1.80. The van der Waals surface area contributed by atoms with Crippen LogP contribution in [0, 0.1) is 0 Å². The summed E-state index contributed by atoms with van der Waals surface area (Å²) >= 11 is 0. The van der Waals surface area contributed by atoms with Gasteiger partial charge in [-0.3, -0.25) is 0 Å². The van der Waals surface area contributed by atoms with Crippen molar-refractivity contribution in [1.82, 2.24) is 10.1 Å². The number of hydrogen-bond acceptors (Lipinski definition) is 3. The molecule has 0 aliphatic heterocycles. The molecule has 1 aromatic heterocycles. The molecule has 0 radical (unpaired) electrons. The van der Waals surface area contributed by atoms with Gasteiger partial charge in [-0.05, 0) is 36.5 Å². The molecule has 1 aromatic carbocycles. The van der Waals surface area contributed by atoms with Crippen LogP contribution in [0.2, 0.25) is 0 Å². The molecule has 0 spiro atoms. The summed E-state index contributed by atoms with van der Waals surface area (Å²) in [6, 6.07) is 8.74. The van der Waals surface area contributed by atoms with Crippen molar-refractivity contribution in [1.29, 1.82) is 0 Å². The summed E-state index contributed by atoms with van der Waals surface area (Å²) in [5, 5.41) is 3.95. The zero-order valence-corrected chi connectivity index (χ0v) is 14.4. The predicted octanol–water partition coefficient (Wildman–Crippen LogP) is 5.71. The van der Waals surface area contributed by atoms with Gasteiger partial charge in [0.05, 0.1) is 0 Å². The summed E-state index contributed by atoms with van der Waals surface area (Å²) in [5.41, 5.74) is 2.58. The van der Waals surface area contributed by atoms with Gasteiger partial charge in [0, 0.05) is 12.5 Å². The Morgan fingerprint density at radius 3 is 2.39 bits per heavy atom. The first-order valence-corrected chi connectivity index (χ1v) is 8.91. The second-order valence-electron chi connectivity index (χ2n) is 6.04. The third-order valence-electron chi connectivity index (χ3n) is 3.92. The molecule has 2 rings (SSSR count). The summed E-state index contributed by atoms with van der Waals surface area (Å²) in [5.74, 6) is 1.36. The van der Waals surface area contributed by atoms with Crippen LogP contribution in [0.25, 0.3) is 12.2 Å². The minimum absolute atomic E-state index is 0.577. The average Bonchev–Trinajstić information content (AvgIpc) is 3.02. The third kappa shape index (κ3) is 6.39. The molecule has 0 bridgehead atoms. The molecule has 1 heterocycles. The Kier molecular flexibility index (Phi) is 7.58. The van der Waals surface area contributed by atoms with Crippen molar-refractivity contribution in [3.8, 4) is 0 Å². The van der Waals surface area contributed by atoms with Gasteiger partial charge in [-0.2, -0.15) is 4.98 Å². The van der Waals surface area contributed by atoms with Crippen LogP contribution in [0.5, 0.6) is 0 Å². The molecule has 0 fully saturated rings. The molecule has 23 heavy (non-hydrogen) atoms. The highest BCUT2D eigenvalue weighted by Gasteiger charge is 2.01. The lowest BCUT2D eigenvalue weighted by Crippen LogP contribution is -1.86. The quantitative estimate of drug-likeness (QED) is 0.528. The van der Waals surface area contributed by atoms with Crippen LogP contribution in [0.15, 0.2) is 28.8 Å². The van der Waals surface area contributed by atoms with Crippen LogP contribution < -0.4 is 0 Å². The predicted molar refractivity (Wildman–Crippen MR) is 96.1 cm³/mol. The van der Waals surface area contributed by atoms with E-state index >= 15 is 0 Å². The molecule has 0 aliphatic rings. The molecular weight excluding hydrogens is 284 g/mol. The lowest BCUT2D eigenvalue weighted by atomic mass is 10.0. The lowest BCUT2D eigenvalue weighted by molar-refractivity contribution is 0.403. The van der Waals surface area contributed by atoms with Crippen molar-refractivity contribution in [3.05, 3.63) is 47.1 Å². The first kappa shape index (κ1) is 17.5. The number of hydrogen-bond donors (Lipinski definition) is 0. The normalized spacial score (nSPS) is 11.4. The molecule has 0 N–H and O–H groups in total. The zero-order valence-electron chi connectivity index (χ0n) is 14.4. The maximum Gasteiger partial charge on any atom is 0.250 e. The fraction of sp³-hybridized carbons (Fsp3) is 0.500. The third-order valence-corrected chi connectivity index (χ3v) is 3.92. The molecule has 124 valence electrons. The van der Waals surface area contributed by atoms with E-state index in [0.717, 1.165) is 24.2 Å². The maximum atomic E-state index is 5.20. The summed E-state index contributed by atoms with van der Waals surface area (Å²) in [6.07, 6.45) is 13.6. The minimum Gasteiger partial charge on any atom is -0.335 e. The molecule has 0 unspecified atom stereocenters. The van der Waals surface area contributed by atoms with Gasteiger partial charge in [-0.1, -0.05) is 69.0 Å². The largest absolute Gasteiger partial charge is 0.335 e. The Bertz CT molecular complexity index is 584. The number of benzene rings is 1. The number of rotatable bonds is 10. The Hall–Kier alpha value is -1.90. The molecule has 3 nitrogen and oxygen atoms in total. The number of aromatic nitrogens is 2. The van der Waals surface area contributed by atoms with Crippen LogP contribution >= 0.6 is 0 Å². The number of aryl methyl sites for hydroxylation is 2. The van der Waals surface area contributed by atoms with Crippen molar-refractivity contribution in [2.24, 2.45) is 0 Å². The van der Waals surface area contributed by atoms with Gasteiger partial charge in [0.1, 0.15) is 0 Å².